The first kappa shape index (κ1) is 12.9. The Balaban J connectivity index is 1.72. The van der Waals surface area contributed by atoms with E-state index in [1.165, 1.54) is 0 Å². The molecule has 0 bridgehead atoms. The Morgan fingerprint density at radius 3 is 1.89 bits per heavy atom. The van der Waals surface area contributed by atoms with Gasteiger partial charge in [0.1, 0.15) is 0 Å². The molecule has 7 heteroatoms. The van der Waals surface area contributed by atoms with E-state index in [0.717, 1.165) is 9.75 Å². The first-order valence-electron chi connectivity index (χ1n) is 5.04. The molecule has 4 nitrogen and oxygen atoms in total. The van der Waals surface area contributed by atoms with E-state index in [1.807, 2.05) is 35.0 Å². The number of hydrogen-bond donors (Lipinski definition) is 2. The van der Waals surface area contributed by atoms with Gasteiger partial charge in [-0.2, -0.15) is 10.2 Å². The van der Waals surface area contributed by atoms with Gasteiger partial charge in [0.15, 0.2) is 0 Å². The Bertz CT molecular complexity index is 480. The molecule has 0 fully saturated rings. The van der Waals surface area contributed by atoms with Crippen molar-refractivity contribution in [1.29, 1.82) is 0 Å². The van der Waals surface area contributed by atoms with E-state index >= 15 is 0 Å². The summed E-state index contributed by atoms with van der Waals surface area (Å²) in [7, 11) is 0. The van der Waals surface area contributed by atoms with Crippen LogP contribution in [0.2, 0.25) is 0 Å². The molecule has 0 radical (unpaired) electrons. The fourth-order valence-electron chi connectivity index (χ4n) is 1.06. The van der Waals surface area contributed by atoms with Gasteiger partial charge in [-0.05, 0) is 35.1 Å². The number of nitrogens with zero attached hydrogens (tertiary/aromatic N) is 2. The number of thiophene rings is 2. The summed E-state index contributed by atoms with van der Waals surface area (Å²) < 4.78 is 0. The third kappa shape index (κ3) is 4.36. The Morgan fingerprint density at radius 2 is 1.50 bits per heavy atom. The van der Waals surface area contributed by atoms with Crippen molar-refractivity contribution in [1.82, 2.24) is 10.9 Å². The van der Waals surface area contributed by atoms with Crippen molar-refractivity contribution in [2.45, 2.75) is 0 Å². The smallest absolute Gasteiger partial charge is 0.207 e. The predicted molar refractivity (Wildman–Crippen MR) is 82.7 cm³/mol. The van der Waals surface area contributed by atoms with Gasteiger partial charge in [-0.1, -0.05) is 12.1 Å². The van der Waals surface area contributed by atoms with E-state index in [1.54, 1.807) is 35.1 Å². The summed E-state index contributed by atoms with van der Waals surface area (Å²) in [5.74, 6) is 0. The summed E-state index contributed by atoms with van der Waals surface area (Å²) in [4.78, 5) is 2.12. The van der Waals surface area contributed by atoms with Crippen LogP contribution >= 0.6 is 34.9 Å². The Labute approximate surface area is 118 Å². The molecule has 0 aliphatic rings. The van der Waals surface area contributed by atoms with Gasteiger partial charge < -0.3 is 0 Å². The number of thiocarbonyl (C=S) groups is 1. The zero-order valence-electron chi connectivity index (χ0n) is 9.24. The average Bonchev–Trinajstić information content (AvgIpc) is 3.01. The van der Waals surface area contributed by atoms with Crippen LogP contribution in [0.5, 0.6) is 0 Å². The Hall–Kier alpha value is -1.57. The summed E-state index contributed by atoms with van der Waals surface area (Å²) in [5, 5.41) is 12.3. The van der Waals surface area contributed by atoms with Crippen LogP contribution in [0.25, 0.3) is 0 Å². The normalized spacial score (nSPS) is 11.1. The lowest BCUT2D eigenvalue weighted by Crippen LogP contribution is -2.28. The van der Waals surface area contributed by atoms with E-state index < -0.39 is 0 Å². The van der Waals surface area contributed by atoms with E-state index in [2.05, 4.69) is 21.1 Å². The van der Waals surface area contributed by atoms with Crippen LogP contribution < -0.4 is 10.9 Å². The summed E-state index contributed by atoms with van der Waals surface area (Å²) in [6.07, 6.45) is 3.42. The lowest BCUT2D eigenvalue weighted by molar-refractivity contribution is 0.935. The second-order valence-electron chi connectivity index (χ2n) is 3.10. The van der Waals surface area contributed by atoms with Gasteiger partial charge in [0.25, 0.3) is 0 Å². The highest BCUT2D eigenvalue weighted by Crippen LogP contribution is 2.04. The molecule has 0 saturated carbocycles. The fraction of sp³-hybridized carbons (Fsp3) is 0. The zero-order chi connectivity index (χ0) is 12.6. The fourth-order valence-corrected chi connectivity index (χ4v) is 2.34. The standard InChI is InChI=1S/C11H10N4S3/c16-11(14-12-7-9-3-1-5-17-9)15-13-8-10-4-2-6-18-10/h1-8H,(H2,14,15,16)/b12-7-,13-8-. The van der Waals surface area contributed by atoms with Gasteiger partial charge in [0.05, 0.1) is 12.4 Å². The first-order chi connectivity index (χ1) is 8.84. The highest BCUT2D eigenvalue weighted by Gasteiger charge is 1.90. The molecule has 0 aliphatic heterocycles. The topological polar surface area (TPSA) is 48.8 Å². The van der Waals surface area contributed by atoms with Crippen LogP contribution in [0, 0.1) is 0 Å². The summed E-state index contributed by atoms with van der Waals surface area (Å²) in [5.41, 5.74) is 5.37. The SMILES string of the molecule is S=C(N/N=C\c1cccs1)N/N=C\c1cccs1. The molecule has 2 rings (SSSR count). The number of hydrogen-bond acceptors (Lipinski definition) is 5. The maximum atomic E-state index is 5.00. The third-order valence-corrected chi connectivity index (χ3v) is 3.60. The van der Waals surface area contributed by atoms with Gasteiger partial charge >= 0.3 is 0 Å². The zero-order valence-corrected chi connectivity index (χ0v) is 11.7. The third-order valence-electron chi connectivity index (χ3n) is 1.80. The van der Waals surface area contributed by atoms with E-state index in [9.17, 15) is 0 Å². The number of nitrogens with one attached hydrogen (secondary N) is 2. The molecular formula is C11H10N4S3. The van der Waals surface area contributed by atoms with Crippen molar-refractivity contribution < 1.29 is 0 Å². The minimum absolute atomic E-state index is 0.357. The first-order valence-corrected chi connectivity index (χ1v) is 7.20. The molecule has 18 heavy (non-hydrogen) atoms. The molecule has 2 heterocycles. The number of hydrazone groups is 2. The predicted octanol–water partition coefficient (Wildman–Crippen LogP) is 2.64. The molecule has 0 aromatic carbocycles. The van der Waals surface area contributed by atoms with Crippen LogP contribution in [0.1, 0.15) is 9.75 Å². The highest BCUT2D eigenvalue weighted by molar-refractivity contribution is 7.80. The molecule has 0 unspecified atom stereocenters. The lowest BCUT2D eigenvalue weighted by Gasteiger charge is -1.99. The lowest BCUT2D eigenvalue weighted by atomic mass is 10.5. The van der Waals surface area contributed by atoms with Gasteiger partial charge in [0.2, 0.25) is 5.11 Å². The van der Waals surface area contributed by atoms with Crippen LogP contribution in [-0.4, -0.2) is 17.5 Å². The minimum atomic E-state index is 0.357. The molecule has 0 saturated heterocycles. The van der Waals surface area contributed by atoms with E-state index in [0.29, 0.717) is 5.11 Å². The Kier molecular flexibility index (Phi) is 5.00. The molecular weight excluding hydrogens is 284 g/mol. The molecule has 0 amide bonds. The molecule has 92 valence electrons. The summed E-state index contributed by atoms with van der Waals surface area (Å²) in [6.45, 7) is 0. The van der Waals surface area contributed by atoms with E-state index in [-0.39, 0.29) is 0 Å². The highest BCUT2D eigenvalue weighted by atomic mass is 32.1. The average molecular weight is 294 g/mol. The van der Waals surface area contributed by atoms with Crippen molar-refractivity contribution in [3.63, 3.8) is 0 Å². The minimum Gasteiger partial charge on any atom is -0.252 e. The van der Waals surface area contributed by atoms with Crippen LogP contribution in [-0.2, 0) is 0 Å². The quantitative estimate of drug-likeness (QED) is 0.518. The van der Waals surface area contributed by atoms with Crippen molar-refractivity contribution in [3.8, 4) is 0 Å². The molecule has 2 N–H and O–H groups in total. The van der Waals surface area contributed by atoms with Gasteiger partial charge in [-0.25, -0.2) is 0 Å². The van der Waals surface area contributed by atoms with Crippen molar-refractivity contribution in [3.05, 3.63) is 44.8 Å². The van der Waals surface area contributed by atoms with Crippen LogP contribution in [0.4, 0.5) is 0 Å². The van der Waals surface area contributed by atoms with Crippen molar-refractivity contribution in [2.75, 3.05) is 0 Å². The maximum absolute atomic E-state index is 5.00. The molecule has 0 atom stereocenters. The summed E-state index contributed by atoms with van der Waals surface area (Å²) >= 11 is 8.22. The monoisotopic (exact) mass is 294 g/mol. The van der Waals surface area contributed by atoms with Gasteiger partial charge in [-0.3, -0.25) is 10.9 Å². The second-order valence-corrected chi connectivity index (χ2v) is 5.47. The van der Waals surface area contributed by atoms with Crippen LogP contribution in [0.3, 0.4) is 0 Å². The van der Waals surface area contributed by atoms with E-state index in [4.69, 9.17) is 12.2 Å². The summed E-state index contributed by atoms with van der Waals surface area (Å²) in [6, 6.07) is 7.88. The number of rotatable bonds is 4. The molecule has 0 aliphatic carbocycles. The molecule has 2 aromatic rings. The van der Waals surface area contributed by atoms with Crippen LogP contribution in [0.15, 0.2) is 45.2 Å². The second kappa shape index (κ2) is 7.00. The maximum Gasteiger partial charge on any atom is 0.207 e. The largest absolute Gasteiger partial charge is 0.252 e. The molecule has 0 spiro atoms. The van der Waals surface area contributed by atoms with Gasteiger partial charge in [0, 0.05) is 9.75 Å². The van der Waals surface area contributed by atoms with Crippen molar-refractivity contribution >= 4 is 52.4 Å². The Morgan fingerprint density at radius 1 is 1.00 bits per heavy atom. The molecule has 2 aromatic heterocycles. The van der Waals surface area contributed by atoms with Crippen molar-refractivity contribution in [2.24, 2.45) is 10.2 Å². The van der Waals surface area contributed by atoms with Gasteiger partial charge in [-0.15, -0.1) is 22.7 Å².